The summed E-state index contributed by atoms with van der Waals surface area (Å²) >= 11 is 0. The van der Waals surface area contributed by atoms with Crippen molar-refractivity contribution >= 4 is 6.09 Å². The van der Waals surface area contributed by atoms with E-state index in [2.05, 4.69) is 59.6 Å². The number of nitrogens with zero attached hydrogens (tertiary/aromatic N) is 1. The molecule has 4 aliphatic rings. The van der Waals surface area contributed by atoms with Crippen LogP contribution in [-0.4, -0.2) is 36.7 Å². The fourth-order valence-corrected chi connectivity index (χ4v) is 5.05. The zero-order chi connectivity index (χ0) is 19.1. The number of amides is 1. The topological polar surface area (TPSA) is 41.6 Å². The molecule has 1 unspecified atom stereocenters. The smallest absolute Gasteiger partial charge is 0.407 e. The molecule has 4 heteroatoms. The molecule has 1 N–H and O–H groups in total. The van der Waals surface area contributed by atoms with E-state index in [1.54, 1.807) is 0 Å². The molecule has 2 bridgehead atoms. The Bertz CT molecular complexity index is 869. The molecule has 0 spiro atoms. The predicted molar refractivity (Wildman–Crippen MR) is 110 cm³/mol. The molecule has 3 aliphatic heterocycles. The molecule has 3 saturated heterocycles. The Morgan fingerprint density at radius 3 is 2.50 bits per heavy atom. The number of hydrogen-bond donors (Lipinski definition) is 1. The SMILES string of the molecule is Cc1ccc(-c2ccc3c(c2)CCC3NC(=O)O[C@@H]2CN3CCC2CC3)cc1. The number of alkyl carbamates (subject to hydrolysis) is 1. The summed E-state index contributed by atoms with van der Waals surface area (Å²) in [6.07, 6.45) is 4.08. The second-order valence-corrected chi connectivity index (χ2v) is 8.60. The summed E-state index contributed by atoms with van der Waals surface area (Å²) < 4.78 is 5.81. The van der Waals surface area contributed by atoms with Crippen molar-refractivity contribution in [3.63, 3.8) is 0 Å². The van der Waals surface area contributed by atoms with Crippen molar-refractivity contribution in [2.75, 3.05) is 19.6 Å². The van der Waals surface area contributed by atoms with Gasteiger partial charge in [0, 0.05) is 6.54 Å². The minimum absolute atomic E-state index is 0.0623. The Morgan fingerprint density at radius 2 is 1.79 bits per heavy atom. The van der Waals surface area contributed by atoms with Gasteiger partial charge in [0.05, 0.1) is 6.04 Å². The molecular weight excluding hydrogens is 348 g/mol. The average Bonchev–Trinajstić information content (AvgIpc) is 3.11. The molecule has 0 radical (unpaired) electrons. The highest BCUT2D eigenvalue weighted by atomic mass is 16.6. The van der Waals surface area contributed by atoms with Gasteiger partial charge in [-0.25, -0.2) is 4.79 Å². The van der Waals surface area contributed by atoms with E-state index >= 15 is 0 Å². The number of fused-ring (bicyclic) bond motifs is 4. The van der Waals surface area contributed by atoms with Crippen LogP contribution < -0.4 is 5.32 Å². The van der Waals surface area contributed by atoms with E-state index < -0.39 is 0 Å². The third-order valence-corrected chi connectivity index (χ3v) is 6.75. The summed E-state index contributed by atoms with van der Waals surface area (Å²) in [6.45, 7) is 5.33. The molecule has 4 nitrogen and oxygen atoms in total. The summed E-state index contributed by atoms with van der Waals surface area (Å²) in [5.74, 6) is 0.545. The number of carbonyl (C=O) groups is 1. The molecule has 28 heavy (non-hydrogen) atoms. The highest BCUT2D eigenvalue weighted by molar-refractivity contribution is 5.70. The molecule has 146 valence electrons. The van der Waals surface area contributed by atoms with Gasteiger partial charge in [-0.1, -0.05) is 48.0 Å². The van der Waals surface area contributed by atoms with Crippen LogP contribution in [0.25, 0.3) is 11.1 Å². The second-order valence-electron chi connectivity index (χ2n) is 8.60. The van der Waals surface area contributed by atoms with Gasteiger partial charge < -0.3 is 10.1 Å². The van der Waals surface area contributed by atoms with Crippen LogP contribution in [0, 0.1) is 12.8 Å². The minimum atomic E-state index is -0.251. The summed E-state index contributed by atoms with van der Waals surface area (Å²) in [7, 11) is 0. The third kappa shape index (κ3) is 3.42. The Balaban J connectivity index is 1.25. The van der Waals surface area contributed by atoms with Crippen molar-refractivity contribution in [2.45, 2.75) is 44.8 Å². The highest BCUT2D eigenvalue weighted by Gasteiger charge is 2.37. The average molecular weight is 377 g/mol. The standard InChI is InChI=1S/C24H28N2O2/c1-16-2-4-17(5-3-16)19-6-8-21-20(14-19)7-9-22(21)25-24(27)28-23-15-26-12-10-18(23)11-13-26/h2-6,8,14,18,22-23H,7,9-13,15H2,1H3,(H,25,27)/t22?,23-/m1/s1. The fraction of sp³-hybridized carbons (Fsp3) is 0.458. The third-order valence-electron chi connectivity index (χ3n) is 6.75. The molecule has 2 aromatic carbocycles. The lowest BCUT2D eigenvalue weighted by molar-refractivity contribution is -0.0339. The predicted octanol–water partition coefficient (Wildman–Crippen LogP) is 4.47. The van der Waals surface area contributed by atoms with Crippen molar-refractivity contribution in [3.8, 4) is 11.1 Å². The summed E-state index contributed by atoms with van der Waals surface area (Å²) in [6, 6.07) is 15.3. The number of benzene rings is 2. The number of aryl methyl sites for hydroxylation is 2. The zero-order valence-corrected chi connectivity index (χ0v) is 16.5. The first kappa shape index (κ1) is 17.7. The monoisotopic (exact) mass is 376 g/mol. The van der Waals surface area contributed by atoms with Gasteiger partial charge in [-0.15, -0.1) is 0 Å². The number of ether oxygens (including phenoxy) is 1. The Labute approximate surface area is 166 Å². The summed E-state index contributed by atoms with van der Waals surface area (Å²) in [4.78, 5) is 14.9. The van der Waals surface area contributed by atoms with E-state index in [1.165, 1.54) is 27.8 Å². The molecule has 3 heterocycles. The van der Waals surface area contributed by atoms with Crippen molar-refractivity contribution in [3.05, 3.63) is 59.2 Å². The van der Waals surface area contributed by atoms with E-state index in [-0.39, 0.29) is 18.2 Å². The number of piperidine rings is 3. The van der Waals surface area contributed by atoms with Crippen LogP contribution in [0.3, 0.4) is 0 Å². The number of rotatable bonds is 3. The maximum atomic E-state index is 12.5. The normalized spacial score (nSPS) is 28.0. The van der Waals surface area contributed by atoms with Crippen molar-refractivity contribution in [2.24, 2.45) is 5.92 Å². The Hall–Kier alpha value is -2.33. The largest absolute Gasteiger partial charge is 0.445 e. The summed E-state index contributed by atoms with van der Waals surface area (Å²) in [5.41, 5.74) is 6.34. The van der Waals surface area contributed by atoms with Gasteiger partial charge in [0.25, 0.3) is 0 Å². The van der Waals surface area contributed by atoms with Crippen LogP contribution in [0.2, 0.25) is 0 Å². The van der Waals surface area contributed by atoms with Gasteiger partial charge in [0.1, 0.15) is 6.10 Å². The van der Waals surface area contributed by atoms with E-state index in [9.17, 15) is 4.79 Å². The van der Waals surface area contributed by atoms with Crippen LogP contribution in [0.1, 0.15) is 42.0 Å². The zero-order valence-electron chi connectivity index (χ0n) is 16.5. The van der Waals surface area contributed by atoms with Crippen molar-refractivity contribution < 1.29 is 9.53 Å². The molecule has 3 fully saturated rings. The van der Waals surface area contributed by atoms with Gasteiger partial charge >= 0.3 is 6.09 Å². The Morgan fingerprint density at radius 1 is 1.04 bits per heavy atom. The molecule has 2 aromatic rings. The Kier molecular flexibility index (Phi) is 4.59. The molecular formula is C24H28N2O2. The lowest BCUT2D eigenvalue weighted by Gasteiger charge is -2.43. The first-order valence-corrected chi connectivity index (χ1v) is 10.5. The van der Waals surface area contributed by atoms with Gasteiger partial charge in [-0.05, 0) is 73.9 Å². The molecule has 6 rings (SSSR count). The van der Waals surface area contributed by atoms with Crippen molar-refractivity contribution in [1.29, 1.82) is 0 Å². The van der Waals surface area contributed by atoms with E-state index in [0.29, 0.717) is 5.92 Å². The second kappa shape index (κ2) is 7.25. The van der Waals surface area contributed by atoms with Crippen LogP contribution >= 0.6 is 0 Å². The quantitative estimate of drug-likeness (QED) is 0.859. The minimum Gasteiger partial charge on any atom is -0.445 e. The number of carbonyl (C=O) groups excluding carboxylic acids is 1. The molecule has 0 saturated carbocycles. The van der Waals surface area contributed by atoms with Crippen LogP contribution in [0.15, 0.2) is 42.5 Å². The molecule has 1 aliphatic carbocycles. The van der Waals surface area contributed by atoms with Gasteiger partial charge in [0.15, 0.2) is 0 Å². The molecule has 1 amide bonds. The van der Waals surface area contributed by atoms with Crippen molar-refractivity contribution in [1.82, 2.24) is 10.2 Å². The van der Waals surface area contributed by atoms with E-state index in [1.807, 2.05) is 0 Å². The lowest BCUT2D eigenvalue weighted by Crippen LogP contribution is -2.52. The van der Waals surface area contributed by atoms with E-state index in [0.717, 1.165) is 45.3 Å². The summed E-state index contributed by atoms with van der Waals surface area (Å²) in [5, 5.41) is 3.13. The van der Waals surface area contributed by atoms with Crippen LogP contribution in [-0.2, 0) is 11.2 Å². The van der Waals surface area contributed by atoms with E-state index in [4.69, 9.17) is 4.74 Å². The number of nitrogens with one attached hydrogen (secondary N) is 1. The molecule has 0 aromatic heterocycles. The first-order valence-electron chi connectivity index (χ1n) is 10.5. The maximum absolute atomic E-state index is 12.5. The lowest BCUT2D eigenvalue weighted by atomic mass is 9.86. The molecule has 2 atom stereocenters. The number of hydrogen-bond acceptors (Lipinski definition) is 3. The van der Waals surface area contributed by atoms with Gasteiger partial charge in [0.2, 0.25) is 0 Å². The van der Waals surface area contributed by atoms with Gasteiger partial charge in [-0.2, -0.15) is 0 Å². The fourth-order valence-electron chi connectivity index (χ4n) is 5.05. The first-order chi connectivity index (χ1) is 13.7. The highest BCUT2D eigenvalue weighted by Crippen LogP contribution is 2.35. The maximum Gasteiger partial charge on any atom is 0.407 e. The van der Waals surface area contributed by atoms with Crippen LogP contribution in [0.4, 0.5) is 4.79 Å². The van der Waals surface area contributed by atoms with Gasteiger partial charge in [-0.3, -0.25) is 4.90 Å². The van der Waals surface area contributed by atoms with Crippen LogP contribution in [0.5, 0.6) is 0 Å².